The molecule has 0 spiro atoms. The summed E-state index contributed by atoms with van der Waals surface area (Å²) >= 11 is 10.6. The summed E-state index contributed by atoms with van der Waals surface area (Å²) in [6, 6.07) is 0.894. The highest BCUT2D eigenvalue weighted by molar-refractivity contribution is 6.68. The van der Waals surface area contributed by atoms with Crippen molar-refractivity contribution in [1.82, 2.24) is 4.98 Å². The number of hydrogen-bond acceptors (Lipinski definition) is 3. The number of rotatable bonds is 2. The molecule has 0 atom stereocenters. The van der Waals surface area contributed by atoms with Crippen molar-refractivity contribution in [2.24, 2.45) is 0 Å². The number of carbonyl (C=O) groups excluding carboxylic acids is 1. The molecule has 1 rings (SSSR count). The van der Waals surface area contributed by atoms with Gasteiger partial charge < -0.3 is 5.73 Å². The van der Waals surface area contributed by atoms with Crippen LogP contribution in [0.1, 0.15) is 22.6 Å². The van der Waals surface area contributed by atoms with Crippen LogP contribution in [0.15, 0.2) is 6.07 Å². The fourth-order valence-corrected chi connectivity index (χ4v) is 1.15. The summed E-state index contributed by atoms with van der Waals surface area (Å²) < 4.78 is 24.4. The molecule has 0 aliphatic carbocycles. The first-order valence-electron chi connectivity index (χ1n) is 3.37. The highest BCUT2D eigenvalue weighted by atomic mass is 35.5. The number of nitrogens with two attached hydrogens (primary N) is 1. The number of nitrogen functional groups attached to an aromatic ring is 1. The van der Waals surface area contributed by atoms with Gasteiger partial charge in [-0.3, -0.25) is 4.79 Å². The van der Waals surface area contributed by atoms with E-state index in [0.29, 0.717) is 0 Å². The van der Waals surface area contributed by atoms with Crippen molar-refractivity contribution < 1.29 is 13.6 Å². The monoisotopic (exact) mass is 240 g/mol. The van der Waals surface area contributed by atoms with Crippen molar-refractivity contribution in [3.63, 3.8) is 0 Å². The molecule has 0 amide bonds. The summed E-state index contributed by atoms with van der Waals surface area (Å²) in [5.74, 6) is 0. The summed E-state index contributed by atoms with van der Waals surface area (Å²) in [6.45, 7) is 0. The molecule has 1 aromatic heterocycles. The van der Waals surface area contributed by atoms with Gasteiger partial charge in [0.05, 0.1) is 10.7 Å². The van der Waals surface area contributed by atoms with Crippen molar-refractivity contribution in [3.05, 3.63) is 22.5 Å². The summed E-state index contributed by atoms with van der Waals surface area (Å²) in [7, 11) is 0. The van der Waals surface area contributed by atoms with Crippen LogP contribution < -0.4 is 5.73 Å². The van der Waals surface area contributed by atoms with Crippen molar-refractivity contribution in [3.8, 4) is 0 Å². The smallest absolute Gasteiger partial charge is 0.280 e. The Balaban J connectivity index is 3.35. The van der Waals surface area contributed by atoms with E-state index < -0.39 is 23.1 Å². The molecule has 1 heterocycles. The number of alkyl halides is 2. The SMILES string of the molecule is Nc1c(Cl)cc(C(F)F)nc1C(=O)Cl. The molecular formula is C7H4Cl2F2N2O. The number of nitrogens with zero attached hydrogens (tertiary/aromatic N) is 1. The molecule has 0 radical (unpaired) electrons. The summed E-state index contributed by atoms with van der Waals surface area (Å²) in [5.41, 5.74) is 4.03. The van der Waals surface area contributed by atoms with E-state index in [2.05, 4.69) is 4.98 Å². The Morgan fingerprint density at radius 2 is 2.14 bits per heavy atom. The number of halogens is 4. The van der Waals surface area contributed by atoms with Gasteiger partial charge in [-0.25, -0.2) is 13.8 Å². The average Bonchev–Trinajstić information content (AvgIpc) is 2.08. The summed E-state index contributed by atoms with van der Waals surface area (Å²) in [4.78, 5) is 14.0. The molecular weight excluding hydrogens is 237 g/mol. The molecule has 2 N–H and O–H groups in total. The largest absolute Gasteiger partial charge is 0.396 e. The van der Waals surface area contributed by atoms with Crippen LogP contribution in [0.2, 0.25) is 5.02 Å². The molecule has 0 unspecified atom stereocenters. The zero-order valence-corrected chi connectivity index (χ0v) is 8.11. The highest BCUT2D eigenvalue weighted by Gasteiger charge is 2.18. The fraction of sp³-hybridized carbons (Fsp3) is 0.143. The van der Waals surface area contributed by atoms with E-state index in [-0.39, 0.29) is 10.7 Å². The molecule has 7 heteroatoms. The van der Waals surface area contributed by atoms with Crippen molar-refractivity contribution in [2.75, 3.05) is 5.73 Å². The van der Waals surface area contributed by atoms with E-state index in [1.54, 1.807) is 0 Å². The van der Waals surface area contributed by atoms with Gasteiger partial charge in [0.2, 0.25) is 0 Å². The average molecular weight is 241 g/mol. The summed E-state index contributed by atoms with van der Waals surface area (Å²) in [5, 5.41) is -1.19. The Hall–Kier alpha value is -0.940. The lowest BCUT2D eigenvalue weighted by Gasteiger charge is -2.05. The second kappa shape index (κ2) is 4.06. The quantitative estimate of drug-likeness (QED) is 0.809. The maximum absolute atomic E-state index is 12.2. The Kier molecular flexibility index (Phi) is 3.23. The Labute approximate surface area is 87.8 Å². The molecule has 3 nitrogen and oxygen atoms in total. The highest BCUT2D eigenvalue weighted by Crippen LogP contribution is 2.27. The van der Waals surface area contributed by atoms with Crippen LogP contribution in [0.4, 0.5) is 14.5 Å². The van der Waals surface area contributed by atoms with Gasteiger partial charge in [0.25, 0.3) is 11.7 Å². The first-order chi connectivity index (χ1) is 6.43. The van der Waals surface area contributed by atoms with Crippen LogP contribution in [-0.2, 0) is 0 Å². The lowest BCUT2D eigenvalue weighted by atomic mass is 10.2. The predicted octanol–water partition coefficient (Wildman–Crippen LogP) is 2.63. The molecule has 0 aliphatic rings. The van der Waals surface area contributed by atoms with E-state index >= 15 is 0 Å². The number of carbonyl (C=O) groups is 1. The predicted molar refractivity (Wildman–Crippen MR) is 48.8 cm³/mol. The van der Waals surface area contributed by atoms with E-state index in [1.807, 2.05) is 0 Å². The molecule has 0 fully saturated rings. The number of pyridine rings is 1. The molecule has 0 aromatic carbocycles. The van der Waals surface area contributed by atoms with E-state index in [0.717, 1.165) is 6.07 Å². The number of anilines is 1. The molecule has 0 saturated carbocycles. The second-order valence-corrected chi connectivity index (χ2v) is 3.12. The van der Waals surface area contributed by atoms with Gasteiger partial charge in [0, 0.05) is 0 Å². The Morgan fingerprint density at radius 3 is 2.57 bits per heavy atom. The number of aromatic nitrogens is 1. The van der Waals surface area contributed by atoms with Gasteiger partial charge in [-0.05, 0) is 17.7 Å². The minimum atomic E-state index is -2.83. The third-order valence-corrected chi connectivity index (χ3v) is 1.93. The lowest BCUT2D eigenvalue weighted by Crippen LogP contribution is -2.05. The van der Waals surface area contributed by atoms with Gasteiger partial charge in [-0.1, -0.05) is 11.6 Å². The van der Waals surface area contributed by atoms with Crippen LogP contribution >= 0.6 is 23.2 Å². The molecule has 0 aliphatic heterocycles. The third kappa shape index (κ3) is 2.10. The van der Waals surface area contributed by atoms with E-state index in [9.17, 15) is 13.6 Å². The zero-order chi connectivity index (χ0) is 10.9. The van der Waals surface area contributed by atoms with Gasteiger partial charge in [0.1, 0.15) is 11.4 Å². The van der Waals surface area contributed by atoms with E-state index in [4.69, 9.17) is 28.9 Å². The lowest BCUT2D eigenvalue weighted by molar-refractivity contribution is 0.107. The Bertz CT molecular complexity index is 384. The van der Waals surface area contributed by atoms with Gasteiger partial charge >= 0.3 is 0 Å². The van der Waals surface area contributed by atoms with Crippen molar-refractivity contribution in [1.29, 1.82) is 0 Å². The van der Waals surface area contributed by atoms with Gasteiger partial charge in [0.15, 0.2) is 0 Å². The maximum Gasteiger partial charge on any atom is 0.280 e. The molecule has 0 bridgehead atoms. The fourth-order valence-electron chi connectivity index (χ4n) is 0.804. The molecule has 76 valence electrons. The van der Waals surface area contributed by atoms with Gasteiger partial charge in [-0.2, -0.15) is 0 Å². The first-order valence-corrected chi connectivity index (χ1v) is 4.13. The van der Waals surface area contributed by atoms with Crippen LogP contribution in [0.5, 0.6) is 0 Å². The minimum absolute atomic E-state index is 0.167. The normalized spacial score (nSPS) is 10.6. The summed E-state index contributed by atoms with van der Waals surface area (Å²) in [6.07, 6.45) is -2.83. The van der Waals surface area contributed by atoms with Crippen LogP contribution in [0.3, 0.4) is 0 Å². The molecule has 1 aromatic rings. The molecule has 0 saturated heterocycles. The van der Waals surface area contributed by atoms with E-state index in [1.165, 1.54) is 0 Å². The van der Waals surface area contributed by atoms with Crippen molar-refractivity contribution >= 4 is 34.1 Å². The third-order valence-electron chi connectivity index (χ3n) is 1.44. The second-order valence-electron chi connectivity index (χ2n) is 2.37. The van der Waals surface area contributed by atoms with Crippen molar-refractivity contribution in [2.45, 2.75) is 6.43 Å². The minimum Gasteiger partial charge on any atom is -0.396 e. The van der Waals surface area contributed by atoms with Crippen LogP contribution in [0.25, 0.3) is 0 Å². The van der Waals surface area contributed by atoms with Crippen LogP contribution in [0, 0.1) is 0 Å². The maximum atomic E-state index is 12.2. The zero-order valence-electron chi connectivity index (χ0n) is 6.60. The number of hydrogen-bond donors (Lipinski definition) is 1. The Morgan fingerprint density at radius 1 is 1.57 bits per heavy atom. The van der Waals surface area contributed by atoms with Gasteiger partial charge in [-0.15, -0.1) is 0 Å². The molecule has 14 heavy (non-hydrogen) atoms. The van der Waals surface area contributed by atoms with Crippen LogP contribution in [-0.4, -0.2) is 10.2 Å². The standard InChI is InChI=1S/C7H4Cl2F2N2O/c8-2-1-3(7(10)11)13-5(4(2)12)6(9)14/h1,7H,12H2. The topological polar surface area (TPSA) is 56.0 Å². The first kappa shape index (κ1) is 11.1.